The molecule has 0 spiro atoms. The maximum Gasteiger partial charge on any atom is 0.252 e. The number of fused-ring (bicyclic) bond motifs is 1. The van der Waals surface area contributed by atoms with Crippen LogP contribution in [0.4, 0.5) is 5.82 Å². The van der Waals surface area contributed by atoms with E-state index in [2.05, 4.69) is 64.3 Å². The van der Waals surface area contributed by atoms with E-state index in [1.165, 1.54) is 0 Å². The van der Waals surface area contributed by atoms with Crippen LogP contribution < -0.4 is 10.6 Å². The van der Waals surface area contributed by atoms with Crippen molar-refractivity contribution in [3.05, 3.63) is 40.5 Å². The lowest BCUT2D eigenvalue weighted by molar-refractivity contribution is 0.0951. The number of rotatable bonds is 8. The molecular formula is C20H25BrN6OS. The Bertz CT molecular complexity index is 1000. The van der Waals surface area contributed by atoms with Crippen molar-refractivity contribution in [1.29, 1.82) is 0 Å². The molecule has 0 bridgehead atoms. The van der Waals surface area contributed by atoms with Crippen molar-refractivity contribution >= 4 is 50.5 Å². The summed E-state index contributed by atoms with van der Waals surface area (Å²) in [4.78, 5) is 21.8. The van der Waals surface area contributed by atoms with E-state index in [9.17, 15) is 4.79 Å². The minimum atomic E-state index is -0.123. The van der Waals surface area contributed by atoms with E-state index in [1.54, 1.807) is 24.0 Å². The van der Waals surface area contributed by atoms with Crippen molar-refractivity contribution < 1.29 is 4.79 Å². The number of nitrogens with one attached hydrogen (secondary N) is 2. The number of hydrogen-bond acceptors (Lipinski definition) is 6. The van der Waals surface area contributed by atoms with Gasteiger partial charge in [0.1, 0.15) is 5.82 Å². The Morgan fingerprint density at radius 2 is 1.97 bits per heavy atom. The molecular weight excluding hydrogens is 452 g/mol. The van der Waals surface area contributed by atoms with Crippen molar-refractivity contribution in [2.24, 2.45) is 0 Å². The van der Waals surface area contributed by atoms with Gasteiger partial charge < -0.3 is 10.6 Å². The number of nitrogens with zero attached hydrogens (tertiary/aromatic N) is 4. The summed E-state index contributed by atoms with van der Waals surface area (Å²) in [5.74, 6) is 0.665. The van der Waals surface area contributed by atoms with Gasteiger partial charge in [-0.05, 0) is 41.9 Å². The number of carbonyl (C=O) groups is 1. The third kappa shape index (κ3) is 5.48. The van der Waals surface area contributed by atoms with Gasteiger partial charge in [0.05, 0.1) is 23.7 Å². The number of benzene rings is 1. The minimum Gasteiger partial charge on any atom is -0.367 e. The zero-order valence-corrected chi connectivity index (χ0v) is 19.3. The lowest BCUT2D eigenvalue weighted by Gasteiger charge is -2.12. The normalized spacial score (nSPS) is 11.4. The second-order valence-corrected chi connectivity index (χ2v) is 9.56. The highest BCUT2D eigenvalue weighted by Crippen LogP contribution is 2.27. The number of thioether (sulfide) groups is 1. The van der Waals surface area contributed by atoms with Crippen molar-refractivity contribution in [3.63, 3.8) is 0 Å². The number of anilines is 1. The van der Waals surface area contributed by atoms with Crippen LogP contribution >= 0.6 is 27.7 Å². The molecule has 0 unspecified atom stereocenters. The first-order chi connectivity index (χ1) is 13.8. The number of carbonyl (C=O) groups excluding carboxylic acids is 1. The van der Waals surface area contributed by atoms with Crippen LogP contribution in [0.5, 0.6) is 0 Å². The molecule has 0 saturated heterocycles. The number of amides is 1. The smallest absolute Gasteiger partial charge is 0.252 e. The van der Waals surface area contributed by atoms with Gasteiger partial charge in [-0.3, -0.25) is 4.79 Å². The highest BCUT2D eigenvalue weighted by Gasteiger charge is 2.15. The summed E-state index contributed by atoms with van der Waals surface area (Å²) in [5, 5.41) is 12.8. The second-order valence-electron chi connectivity index (χ2n) is 7.16. The predicted octanol–water partition coefficient (Wildman–Crippen LogP) is 4.34. The van der Waals surface area contributed by atoms with Gasteiger partial charge in [0.25, 0.3) is 5.91 Å². The third-order valence-corrected chi connectivity index (χ3v) is 5.53. The van der Waals surface area contributed by atoms with Gasteiger partial charge in [-0.1, -0.05) is 37.7 Å². The average molecular weight is 477 g/mol. The van der Waals surface area contributed by atoms with Crippen LogP contribution in [-0.2, 0) is 6.54 Å². The highest BCUT2D eigenvalue weighted by atomic mass is 79.9. The van der Waals surface area contributed by atoms with Crippen LogP contribution in [0.25, 0.3) is 11.0 Å². The largest absolute Gasteiger partial charge is 0.367 e. The van der Waals surface area contributed by atoms with E-state index >= 15 is 0 Å². The molecule has 2 heterocycles. The summed E-state index contributed by atoms with van der Waals surface area (Å²) in [6.45, 7) is 9.34. The molecule has 9 heteroatoms. The highest BCUT2D eigenvalue weighted by molar-refractivity contribution is 9.10. The van der Waals surface area contributed by atoms with E-state index in [4.69, 9.17) is 4.98 Å². The Hall–Kier alpha value is -2.13. The zero-order chi connectivity index (χ0) is 21.0. The molecule has 154 valence electrons. The van der Waals surface area contributed by atoms with Crippen LogP contribution in [0, 0.1) is 0 Å². The maximum absolute atomic E-state index is 12.4. The van der Waals surface area contributed by atoms with E-state index in [-0.39, 0.29) is 11.9 Å². The quantitative estimate of drug-likeness (QED) is 0.371. The summed E-state index contributed by atoms with van der Waals surface area (Å²) in [7, 11) is 0. The van der Waals surface area contributed by atoms with Gasteiger partial charge >= 0.3 is 0 Å². The van der Waals surface area contributed by atoms with Crippen LogP contribution in [0.3, 0.4) is 0 Å². The summed E-state index contributed by atoms with van der Waals surface area (Å²) in [5.41, 5.74) is 1.38. The molecule has 0 aliphatic heterocycles. The summed E-state index contributed by atoms with van der Waals surface area (Å²) in [6, 6.07) is 7.61. The molecule has 0 fully saturated rings. The first-order valence-electron chi connectivity index (χ1n) is 9.54. The van der Waals surface area contributed by atoms with Crippen LogP contribution in [0.15, 0.2) is 40.1 Å². The van der Waals surface area contributed by atoms with Gasteiger partial charge in [-0.25, -0.2) is 14.6 Å². The van der Waals surface area contributed by atoms with Gasteiger partial charge in [-0.2, -0.15) is 5.10 Å². The molecule has 1 amide bonds. The Morgan fingerprint density at radius 1 is 1.21 bits per heavy atom. The average Bonchev–Trinajstić information content (AvgIpc) is 3.04. The molecule has 2 aromatic heterocycles. The third-order valence-electron chi connectivity index (χ3n) is 3.97. The molecule has 0 aliphatic rings. The predicted molar refractivity (Wildman–Crippen MR) is 122 cm³/mol. The summed E-state index contributed by atoms with van der Waals surface area (Å²) < 4.78 is 2.59. The second kappa shape index (κ2) is 9.58. The molecule has 0 aliphatic carbocycles. The number of halogens is 1. The van der Waals surface area contributed by atoms with Crippen LogP contribution in [-0.4, -0.2) is 43.5 Å². The molecule has 29 heavy (non-hydrogen) atoms. The molecule has 1 aromatic carbocycles. The standard InChI is InChI=1S/C20H25BrN6OS/c1-12(2)24-17-15-11-23-27(18(15)26-20(25-17)29-13(3)4)10-9-22-19(28)14-7-5-6-8-16(14)21/h5-8,11-13H,9-10H2,1-4H3,(H,22,28)(H,24,25,26). The molecule has 2 N–H and O–H groups in total. The topological polar surface area (TPSA) is 84.7 Å². The van der Waals surface area contributed by atoms with Crippen molar-refractivity contribution in [2.45, 2.75) is 50.7 Å². The van der Waals surface area contributed by atoms with Crippen molar-refractivity contribution in [1.82, 2.24) is 25.1 Å². The van der Waals surface area contributed by atoms with Gasteiger partial charge in [0.2, 0.25) is 0 Å². The number of aromatic nitrogens is 4. The zero-order valence-electron chi connectivity index (χ0n) is 16.9. The molecule has 3 rings (SSSR count). The SMILES string of the molecule is CC(C)Nc1nc(SC(C)C)nc2c1cnn2CCNC(=O)c1ccccc1Br. The molecule has 3 aromatic rings. The van der Waals surface area contributed by atoms with Crippen molar-refractivity contribution in [3.8, 4) is 0 Å². The van der Waals surface area contributed by atoms with E-state index in [0.717, 1.165) is 26.5 Å². The first kappa shape index (κ1) is 21.6. The fourth-order valence-corrected chi connectivity index (χ4v) is 3.93. The Balaban J connectivity index is 1.78. The Kier molecular flexibility index (Phi) is 7.13. The minimum absolute atomic E-state index is 0.123. The Morgan fingerprint density at radius 3 is 2.66 bits per heavy atom. The maximum atomic E-state index is 12.4. The monoisotopic (exact) mass is 476 g/mol. The summed E-state index contributed by atoms with van der Waals surface area (Å²) in [6.07, 6.45) is 1.78. The van der Waals surface area contributed by atoms with Crippen LogP contribution in [0.2, 0.25) is 0 Å². The number of hydrogen-bond donors (Lipinski definition) is 2. The fraction of sp³-hybridized carbons (Fsp3) is 0.400. The summed E-state index contributed by atoms with van der Waals surface area (Å²) >= 11 is 5.03. The Labute approximate surface area is 183 Å². The lowest BCUT2D eigenvalue weighted by Crippen LogP contribution is -2.27. The molecule has 7 nitrogen and oxygen atoms in total. The van der Waals surface area contributed by atoms with Gasteiger partial charge in [0.15, 0.2) is 10.8 Å². The van der Waals surface area contributed by atoms with Gasteiger partial charge in [-0.15, -0.1) is 0 Å². The van der Waals surface area contributed by atoms with E-state index in [0.29, 0.717) is 23.9 Å². The molecule has 0 atom stereocenters. The lowest BCUT2D eigenvalue weighted by atomic mass is 10.2. The van der Waals surface area contributed by atoms with Crippen LogP contribution in [0.1, 0.15) is 38.1 Å². The van der Waals surface area contributed by atoms with Crippen molar-refractivity contribution in [2.75, 3.05) is 11.9 Å². The van der Waals surface area contributed by atoms with E-state index < -0.39 is 0 Å². The fourth-order valence-electron chi connectivity index (χ4n) is 2.76. The molecule has 0 saturated carbocycles. The first-order valence-corrected chi connectivity index (χ1v) is 11.2. The van der Waals surface area contributed by atoms with E-state index in [1.807, 2.05) is 22.9 Å². The van der Waals surface area contributed by atoms with Gasteiger partial charge in [0, 0.05) is 22.3 Å². The molecule has 0 radical (unpaired) electrons.